The maximum absolute atomic E-state index is 3.96. The van der Waals surface area contributed by atoms with Gasteiger partial charge in [0.25, 0.3) is 0 Å². The van der Waals surface area contributed by atoms with E-state index >= 15 is 0 Å². The predicted molar refractivity (Wildman–Crippen MR) is 272 cm³/mol. The average molecular weight is 849 g/mol. The molecule has 9 rings (SSSR count). The molecule has 0 saturated carbocycles. The summed E-state index contributed by atoms with van der Waals surface area (Å²) in [7, 11) is 26.5. The minimum atomic E-state index is 0.738. The summed E-state index contributed by atoms with van der Waals surface area (Å²) in [6, 6.07) is 53.9. The molecule has 4 aromatic carbocycles. The molecule has 0 spiro atoms. The Morgan fingerprint density at radius 1 is 0.219 bits per heavy atom. The zero-order valence-electron chi connectivity index (χ0n) is 39.6. The maximum atomic E-state index is 3.96. The topological polar surface area (TPSA) is 63.2 Å². The van der Waals surface area contributed by atoms with Gasteiger partial charge >= 0.3 is 0 Å². The third-order valence-electron chi connectivity index (χ3n) is 12.6. The minimum Gasteiger partial charge on any atom is -0.354 e. The van der Waals surface area contributed by atoms with Gasteiger partial charge in [0, 0.05) is 66.5 Å². The van der Waals surface area contributed by atoms with E-state index in [1.807, 2.05) is 0 Å². The van der Waals surface area contributed by atoms with E-state index in [1.54, 1.807) is 0 Å². The highest BCUT2D eigenvalue weighted by atomic mass is 15.3. The van der Waals surface area contributed by atoms with Gasteiger partial charge in [0.05, 0.1) is 84.6 Å². The van der Waals surface area contributed by atoms with E-state index in [4.69, 9.17) is 0 Å². The molecule has 0 radical (unpaired) electrons. The molecule has 0 fully saturated rings. The molecule has 0 amide bonds. The average Bonchev–Trinajstić information content (AvgIpc) is 4.08. The second-order valence-corrected chi connectivity index (χ2v) is 20.9. The smallest absolute Gasteiger partial charge is 0.132 e. The highest BCUT2D eigenvalue weighted by Crippen LogP contribution is 2.31. The normalized spacial score (nSPS) is 13.8. The van der Waals surface area contributed by atoms with Crippen molar-refractivity contribution in [1.29, 1.82) is 0 Å². The van der Waals surface area contributed by atoms with Gasteiger partial charge in [0.15, 0.2) is 0 Å². The first kappa shape index (κ1) is 42.6. The Hall–Kier alpha value is -6.68. The number of hydrogen-bond acceptors (Lipinski definition) is 0. The van der Waals surface area contributed by atoms with Crippen LogP contribution in [0.3, 0.4) is 0 Å². The molecule has 5 heterocycles. The van der Waals surface area contributed by atoms with Crippen LogP contribution >= 0.6 is 0 Å². The molecular formula is C56H64N8+4. The molecule has 324 valence electrons. The summed E-state index contributed by atoms with van der Waals surface area (Å²) in [6.45, 7) is 0. The van der Waals surface area contributed by atoms with E-state index in [9.17, 15) is 0 Å². The number of fused-ring (bicyclic) bond motifs is 8. The third-order valence-corrected chi connectivity index (χ3v) is 12.6. The van der Waals surface area contributed by atoms with Crippen LogP contribution in [0, 0.1) is 0 Å². The van der Waals surface area contributed by atoms with Gasteiger partial charge in [0.1, 0.15) is 22.7 Å². The Labute approximate surface area is 378 Å². The predicted octanol–water partition coefficient (Wildman–Crippen LogP) is 7.09. The molecule has 8 aromatic rings. The molecule has 4 aromatic heterocycles. The summed E-state index contributed by atoms with van der Waals surface area (Å²) < 4.78 is 2.95. The summed E-state index contributed by atoms with van der Waals surface area (Å²) in [5, 5.41) is 4.12. The third kappa shape index (κ3) is 8.17. The van der Waals surface area contributed by atoms with Crippen LogP contribution in [0.15, 0.2) is 146 Å². The van der Waals surface area contributed by atoms with Crippen LogP contribution < -0.4 is 39.3 Å². The summed E-state index contributed by atoms with van der Waals surface area (Å²) in [4.78, 5) is 15.8. The van der Waals surface area contributed by atoms with Crippen LogP contribution in [0.2, 0.25) is 0 Å². The quantitative estimate of drug-likeness (QED) is 0.118. The van der Waals surface area contributed by atoms with E-state index in [1.165, 1.54) is 22.7 Å². The first-order valence-electron chi connectivity index (χ1n) is 22.2. The van der Waals surface area contributed by atoms with E-state index in [0.717, 1.165) is 107 Å². The van der Waals surface area contributed by atoms with Crippen molar-refractivity contribution < 1.29 is 0 Å². The Bertz CT molecular complexity index is 2810. The molecule has 4 N–H and O–H groups in total. The van der Waals surface area contributed by atoms with Gasteiger partial charge < -0.3 is 19.9 Å². The number of hydrogen-bond donors (Lipinski definition) is 4. The fourth-order valence-corrected chi connectivity index (χ4v) is 8.87. The number of aromatic amines is 4. The number of quaternary nitrogens is 4. The van der Waals surface area contributed by atoms with Gasteiger partial charge in [-0.15, -0.1) is 0 Å². The van der Waals surface area contributed by atoms with Crippen molar-refractivity contribution in [2.24, 2.45) is 0 Å². The van der Waals surface area contributed by atoms with Crippen LogP contribution in [0.5, 0.6) is 0 Å². The minimum absolute atomic E-state index is 0.738. The monoisotopic (exact) mass is 849 g/mol. The molecule has 1 aliphatic heterocycles. The number of aromatic nitrogens is 4. The van der Waals surface area contributed by atoms with E-state index in [0.29, 0.717) is 0 Å². The number of rotatable bonds is 8. The van der Waals surface area contributed by atoms with Crippen molar-refractivity contribution in [3.05, 3.63) is 212 Å². The lowest BCUT2D eigenvalue weighted by Crippen LogP contribution is -2.34. The summed E-state index contributed by atoms with van der Waals surface area (Å²) in [5.41, 5.74) is 18.0. The lowest BCUT2D eigenvalue weighted by atomic mass is 10.0. The molecule has 8 bridgehead atoms. The molecule has 8 nitrogen and oxygen atoms in total. The maximum Gasteiger partial charge on any atom is 0.132 e. The zero-order chi connectivity index (χ0) is 45.3. The fourth-order valence-electron chi connectivity index (χ4n) is 8.87. The van der Waals surface area contributed by atoms with Crippen LogP contribution in [0.25, 0.3) is 22.3 Å². The number of benzene rings is 4. The Morgan fingerprint density at radius 3 is 0.578 bits per heavy atom. The second kappa shape index (κ2) is 15.5. The fraction of sp³-hybridized carbons (Fsp3) is 0.214. The lowest BCUT2D eigenvalue weighted by molar-refractivity contribution is 0.486. The molecular weight excluding hydrogens is 785 g/mol. The van der Waals surface area contributed by atoms with E-state index in [-0.39, 0.29) is 0 Å². The van der Waals surface area contributed by atoms with Crippen LogP contribution in [-0.4, -0.2) is 105 Å². The largest absolute Gasteiger partial charge is 0.354 e. The molecule has 64 heavy (non-hydrogen) atoms. The number of H-pyrrole nitrogens is 4. The van der Waals surface area contributed by atoms with Crippen molar-refractivity contribution in [1.82, 2.24) is 37.9 Å². The Balaban J connectivity index is 1.38. The van der Waals surface area contributed by atoms with Gasteiger partial charge in [-0.2, -0.15) is 0 Å². The van der Waals surface area contributed by atoms with Crippen LogP contribution in [-0.2, 0) is 0 Å². The summed E-state index contributed by atoms with van der Waals surface area (Å²) in [5.74, 6) is 0. The molecule has 0 aliphatic carbocycles. The lowest BCUT2D eigenvalue weighted by Gasteiger charge is -2.23. The van der Waals surface area contributed by atoms with Gasteiger partial charge in [-0.3, -0.25) is 17.9 Å². The molecule has 0 saturated heterocycles. The van der Waals surface area contributed by atoms with Crippen molar-refractivity contribution in [3.63, 3.8) is 0 Å². The Morgan fingerprint density at radius 2 is 0.406 bits per heavy atom. The Kier molecular flexibility index (Phi) is 10.3. The van der Waals surface area contributed by atoms with Gasteiger partial charge in [-0.05, 0) is 168 Å². The van der Waals surface area contributed by atoms with Crippen molar-refractivity contribution in [3.8, 4) is 0 Å². The van der Waals surface area contributed by atoms with Crippen molar-refractivity contribution in [2.45, 2.75) is 0 Å². The van der Waals surface area contributed by atoms with E-state index < -0.39 is 0 Å². The highest BCUT2D eigenvalue weighted by Gasteiger charge is 2.22. The number of nitrogens with one attached hydrogen (secondary N) is 4. The van der Waals surface area contributed by atoms with Gasteiger partial charge in [-0.25, -0.2) is 0 Å². The zero-order valence-corrected chi connectivity index (χ0v) is 39.6. The van der Waals surface area contributed by atoms with Crippen LogP contribution in [0.4, 0.5) is 22.7 Å². The summed E-state index contributed by atoms with van der Waals surface area (Å²) >= 11 is 0. The van der Waals surface area contributed by atoms with Crippen LogP contribution in [0.1, 0.15) is 45.0 Å². The molecule has 0 atom stereocenters. The second-order valence-electron chi connectivity index (χ2n) is 20.9. The van der Waals surface area contributed by atoms with Crippen molar-refractivity contribution in [2.75, 3.05) is 84.6 Å². The van der Waals surface area contributed by atoms with Crippen molar-refractivity contribution >= 4 is 45.0 Å². The highest BCUT2D eigenvalue weighted by molar-refractivity contribution is 5.85. The van der Waals surface area contributed by atoms with Gasteiger partial charge in [0.2, 0.25) is 0 Å². The molecule has 1 aliphatic rings. The first-order valence-corrected chi connectivity index (χ1v) is 22.2. The summed E-state index contributed by atoms with van der Waals surface area (Å²) in [6.07, 6.45) is 0. The molecule has 8 heteroatoms. The number of nitrogens with zero attached hydrogens (tertiary/aromatic N) is 4. The first-order chi connectivity index (χ1) is 30.2. The molecule has 0 unspecified atom stereocenters. The van der Waals surface area contributed by atoms with E-state index in [2.05, 4.69) is 250 Å². The van der Waals surface area contributed by atoms with Gasteiger partial charge in [-0.1, -0.05) is 0 Å². The SMILES string of the molecule is C[N+](C)(C)c1ccc(C2=c3ccc([nH]3)=C(c3ccc([N+](C)(C)C)cc3)c3ccc([nH]3)C(c3ccc([N+](C)(C)C)cc3)=c3ccc([nH]3)=C(c3ccc([N+](C)(C)C)cc3)c3ccc2[nH]3)cc1. The standard InChI is InChI=1S/C56H64N8/c1-61(2,3)41-21-13-37(14-22-41)53-45-29-31-47(57-45)54(38-15-23-42(24-16-38)62(4,5)6)49-33-35-51(59-49)56(40-19-27-44(28-20-40)64(10,11)12)52-36-34-50(60-52)55(48-32-30-46(53)58-48)39-17-25-43(26-18-39)63(7,8)9/h13-36,57-60H,1-12H3/q+4.